The Morgan fingerprint density at radius 1 is 1.10 bits per heavy atom. The summed E-state index contributed by atoms with van der Waals surface area (Å²) < 4.78 is 0. The summed E-state index contributed by atoms with van der Waals surface area (Å²) in [7, 11) is 0. The minimum atomic E-state index is 0.537. The van der Waals surface area contributed by atoms with Crippen LogP contribution in [0.4, 0.5) is 0 Å². The molecule has 0 spiro atoms. The van der Waals surface area contributed by atoms with Gasteiger partial charge in [0.05, 0.1) is 0 Å². The van der Waals surface area contributed by atoms with Crippen molar-refractivity contribution >= 4 is 0 Å². The van der Waals surface area contributed by atoms with Gasteiger partial charge in [0.2, 0.25) is 0 Å². The number of nitrogens with zero attached hydrogens (tertiary/aromatic N) is 1. The van der Waals surface area contributed by atoms with Gasteiger partial charge in [0.15, 0.2) is 0 Å². The van der Waals surface area contributed by atoms with Gasteiger partial charge < -0.3 is 10.6 Å². The summed E-state index contributed by atoms with van der Waals surface area (Å²) in [4.78, 5) is 2.55. The normalized spacial score (nSPS) is 19.4. The smallest absolute Gasteiger partial charge is 0.000555 e. The van der Waals surface area contributed by atoms with Crippen LogP contribution in [0.15, 0.2) is 24.3 Å². The molecule has 0 saturated carbocycles. The first-order valence-corrected chi connectivity index (χ1v) is 8.18. The third kappa shape index (κ3) is 3.62. The minimum absolute atomic E-state index is 0.537. The largest absolute Gasteiger partial charge is 0.330 e. The summed E-state index contributed by atoms with van der Waals surface area (Å²) in [5.74, 6) is 1.90. The highest BCUT2D eigenvalue weighted by molar-refractivity contribution is 5.28. The Morgan fingerprint density at radius 2 is 1.65 bits per heavy atom. The van der Waals surface area contributed by atoms with Gasteiger partial charge in [-0.05, 0) is 67.9 Å². The van der Waals surface area contributed by atoms with Crippen LogP contribution in [-0.4, -0.2) is 31.1 Å². The van der Waals surface area contributed by atoms with E-state index in [4.69, 9.17) is 5.73 Å². The van der Waals surface area contributed by atoms with Crippen LogP contribution in [0.3, 0.4) is 0 Å². The molecule has 2 heteroatoms. The van der Waals surface area contributed by atoms with E-state index in [2.05, 4.69) is 49.9 Å². The maximum absolute atomic E-state index is 6.09. The summed E-state index contributed by atoms with van der Waals surface area (Å²) in [6.07, 6.45) is 2.59. The fourth-order valence-electron chi connectivity index (χ4n) is 3.40. The summed E-state index contributed by atoms with van der Waals surface area (Å²) in [6.45, 7) is 11.2. The molecule has 1 aromatic rings. The lowest BCUT2D eigenvalue weighted by atomic mass is 9.79. The molecular formula is C18H30N2. The van der Waals surface area contributed by atoms with E-state index in [9.17, 15) is 0 Å². The number of benzene rings is 1. The van der Waals surface area contributed by atoms with Crippen LogP contribution in [0.1, 0.15) is 56.6 Å². The van der Waals surface area contributed by atoms with Gasteiger partial charge in [-0.25, -0.2) is 0 Å². The minimum Gasteiger partial charge on any atom is -0.330 e. The zero-order chi connectivity index (χ0) is 14.5. The fraction of sp³-hybridized carbons (Fsp3) is 0.667. The molecule has 1 fully saturated rings. The molecule has 1 aliphatic rings. The molecule has 1 unspecified atom stereocenters. The number of hydrogen-bond acceptors (Lipinski definition) is 2. The Kier molecular flexibility index (Phi) is 5.62. The van der Waals surface area contributed by atoms with Crippen LogP contribution in [0.25, 0.3) is 0 Å². The van der Waals surface area contributed by atoms with Crippen molar-refractivity contribution in [3.05, 3.63) is 35.4 Å². The molecule has 1 saturated heterocycles. The fourth-order valence-corrected chi connectivity index (χ4v) is 3.40. The third-order valence-corrected chi connectivity index (χ3v) is 4.93. The highest BCUT2D eigenvalue weighted by atomic mass is 15.1. The van der Waals surface area contributed by atoms with E-state index in [-0.39, 0.29) is 0 Å². The van der Waals surface area contributed by atoms with Crippen molar-refractivity contribution in [1.82, 2.24) is 4.90 Å². The van der Waals surface area contributed by atoms with Gasteiger partial charge in [-0.15, -0.1) is 0 Å². The van der Waals surface area contributed by atoms with Crippen molar-refractivity contribution in [3.8, 4) is 0 Å². The van der Waals surface area contributed by atoms with E-state index in [1.807, 2.05) is 0 Å². The Labute approximate surface area is 124 Å². The highest BCUT2D eigenvalue weighted by Gasteiger charge is 2.26. The van der Waals surface area contributed by atoms with E-state index in [0.29, 0.717) is 11.8 Å². The molecule has 20 heavy (non-hydrogen) atoms. The Balaban J connectivity index is 2.04. The number of rotatable bonds is 5. The van der Waals surface area contributed by atoms with Crippen molar-refractivity contribution in [2.75, 3.05) is 26.2 Å². The lowest BCUT2D eigenvalue weighted by molar-refractivity contribution is 0.176. The molecule has 1 aromatic carbocycles. The second kappa shape index (κ2) is 7.24. The molecule has 2 nitrogen and oxygen atoms in total. The Morgan fingerprint density at radius 3 is 2.10 bits per heavy atom. The highest BCUT2D eigenvalue weighted by Crippen LogP contribution is 2.32. The van der Waals surface area contributed by atoms with Crippen LogP contribution >= 0.6 is 0 Å². The van der Waals surface area contributed by atoms with E-state index in [1.54, 1.807) is 0 Å². The van der Waals surface area contributed by atoms with E-state index in [0.717, 1.165) is 12.5 Å². The molecule has 112 valence electrons. The SMILES string of the molecule is CCN1CCC(C(CN)c2ccc(C(C)C)cc2)CC1. The van der Waals surface area contributed by atoms with Crippen molar-refractivity contribution in [2.24, 2.45) is 11.7 Å². The second-order valence-electron chi connectivity index (χ2n) is 6.44. The van der Waals surface area contributed by atoms with Crippen molar-refractivity contribution < 1.29 is 0 Å². The van der Waals surface area contributed by atoms with Crippen molar-refractivity contribution in [2.45, 2.75) is 45.4 Å². The Bertz CT molecular complexity index is 388. The molecule has 2 rings (SSSR count). The van der Waals surface area contributed by atoms with Crippen LogP contribution in [-0.2, 0) is 0 Å². The molecule has 1 atom stereocenters. The molecule has 1 heterocycles. The van der Waals surface area contributed by atoms with Crippen LogP contribution in [0, 0.1) is 5.92 Å². The molecule has 0 bridgehead atoms. The molecule has 1 aliphatic heterocycles. The molecule has 0 aromatic heterocycles. The standard InChI is InChI=1S/C18H30N2/c1-4-20-11-9-17(10-12-20)18(13-19)16-7-5-15(6-8-16)14(2)3/h5-8,14,17-18H,4,9-13,19H2,1-3H3. The van der Waals surface area contributed by atoms with Crippen LogP contribution in [0.5, 0.6) is 0 Å². The maximum atomic E-state index is 6.09. The second-order valence-corrected chi connectivity index (χ2v) is 6.44. The van der Waals surface area contributed by atoms with E-state index in [1.165, 1.54) is 43.6 Å². The number of hydrogen-bond donors (Lipinski definition) is 1. The molecular weight excluding hydrogens is 244 g/mol. The van der Waals surface area contributed by atoms with Gasteiger partial charge in [-0.2, -0.15) is 0 Å². The third-order valence-electron chi connectivity index (χ3n) is 4.93. The van der Waals surface area contributed by atoms with Gasteiger partial charge in [-0.3, -0.25) is 0 Å². The lowest BCUT2D eigenvalue weighted by Crippen LogP contribution is -2.36. The molecule has 0 aliphatic carbocycles. The monoisotopic (exact) mass is 274 g/mol. The van der Waals surface area contributed by atoms with Crippen molar-refractivity contribution in [3.63, 3.8) is 0 Å². The van der Waals surface area contributed by atoms with Crippen LogP contribution in [0.2, 0.25) is 0 Å². The van der Waals surface area contributed by atoms with Crippen molar-refractivity contribution in [1.29, 1.82) is 0 Å². The average Bonchev–Trinajstić information content (AvgIpc) is 2.49. The summed E-state index contributed by atoms with van der Waals surface area (Å²) in [6, 6.07) is 9.17. The van der Waals surface area contributed by atoms with E-state index < -0.39 is 0 Å². The van der Waals surface area contributed by atoms with Crippen LogP contribution < -0.4 is 5.73 Å². The molecule has 2 N–H and O–H groups in total. The average molecular weight is 274 g/mol. The number of likely N-dealkylation sites (tertiary alicyclic amines) is 1. The van der Waals surface area contributed by atoms with Gasteiger partial charge >= 0.3 is 0 Å². The zero-order valence-corrected chi connectivity index (χ0v) is 13.3. The predicted octanol–water partition coefficient (Wildman–Crippen LogP) is 3.58. The number of nitrogens with two attached hydrogens (primary N) is 1. The van der Waals surface area contributed by atoms with E-state index >= 15 is 0 Å². The molecule has 0 amide bonds. The predicted molar refractivity (Wildman–Crippen MR) is 87.2 cm³/mol. The summed E-state index contributed by atoms with van der Waals surface area (Å²) in [5.41, 5.74) is 8.95. The Hall–Kier alpha value is -0.860. The topological polar surface area (TPSA) is 29.3 Å². The number of piperidine rings is 1. The summed E-state index contributed by atoms with van der Waals surface area (Å²) >= 11 is 0. The quantitative estimate of drug-likeness (QED) is 0.889. The van der Waals surface area contributed by atoms with Gasteiger partial charge in [0, 0.05) is 0 Å². The first-order chi connectivity index (χ1) is 9.65. The zero-order valence-electron chi connectivity index (χ0n) is 13.3. The van der Waals surface area contributed by atoms with Gasteiger partial charge in [0.1, 0.15) is 0 Å². The lowest BCUT2D eigenvalue weighted by Gasteiger charge is -2.35. The first kappa shape index (κ1) is 15.5. The van der Waals surface area contributed by atoms with Gasteiger partial charge in [0.25, 0.3) is 0 Å². The first-order valence-electron chi connectivity index (χ1n) is 8.18. The maximum Gasteiger partial charge on any atom is -0.000555 e. The molecule has 0 radical (unpaired) electrons. The van der Waals surface area contributed by atoms with Gasteiger partial charge in [-0.1, -0.05) is 45.0 Å². The summed E-state index contributed by atoms with van der Waals surface area (Å²) in [5, 5.41) is 0.